The molecule has 3 aromatic rings. The molecule has 1 heterocycles. The summed E-state index contributed by atoms with van der Waals surface area (Å²) in [4.78, 5) is 43.3. The average Bonchev–Trinajstić information content (AvgIpc) is 3.64. The van der Waals surface area contributed by atoms with Crippen molar-refractivity contribution in [3.8, 4) is 11.1 Å². The van der Waals surface area contributed by atoms with Gasteiger partial charge >= 0.3 is 0 Å². The lowest BCUT2D eigenvalue weighted by Gasteiger charge is -2.25. The molecule has 2 aliphatic rings. The number of amides is 3. The van der Waals surface area contributed by atoms with Crippen molar-refractivity contribution in [1.29, 1.82) is 0 Å². The number of carbonyl (C=O) groups is 3. The van der Waals surface area contributed by atoms with Gasteiger partial charge in [0.1, 0.15) is 25.6 Å². The predicted molar refractivity (Wildman–Crippen MR) is 126 cm³/mol. The number of nitrogens with zero attached hydrogens (tertiary/aromatic N) is 3. The first-order valence-corrected chi connectivity index (χ1v) is 11.3. The first-order chi connectivity index (χ1) is 16.5. The van der Waals surface area contributed by atoms with Crippen LogP contribution in [0.15, 0.2) is 78.9 Å². The van der Waals surface area contributed by atoms with Crippen LogP contribution in [0, 0.1) is 5.82 Å². The molecule has 3 aromatic carbocycles. The van der Waals surface area contributed by atoms with Crippen LogP contribution >= 0.6 is 0 Å². The summed E-state index contributed by atoms with van der Waals surface area (Å²) in [7, 11) is 0. The second-order valence-corrected chi connectivity index (χ2v) is 8.64. The molecule has 0 bridgehead atoms. The molecule has 172 valence electrons. The Labute approximate surface area is 197 Å². The van der Waals surface area contributed by atoms with E-state index < -0.39 is 5.82 Å². The van der Waals surface area contributed by atoms with Gasteiger partial charge in [0, 0.05) is 17.3 Å². The Morgan fingerprint density at radius 1 is 0.882 bits per heavy atom. The maximum absolute atomic E-state index is 13.2. The summed E-state index contributed by atoms with van der Waals surface area (Å²) >= 11 is 0. The van der Waals surface area contributed by atoms with Gasteiger partial charge in [0.25, 0.3) is 5.91 Å². The van der Waals surface area contributed by atoms with Crippen LogP contribution in [0.4, 0.5) is 10.1 Å². The van der Waals surface area contributed by atoms with E-state index in [2.05, 4.69) is 0 Å². The quantitative estimate of drug-likeness (QED) is 0.564. The van der Waals surface area contributed by atoms with Gasteiger partial charge in [-0.25, -0.2) is 4.39 Å². The van der Waals surface area contributed by atoms with E-state index in [9.17, 15) is 18.8 Å². The molecule has 0 unspecified atom stereocenters. The minimum absolute atomic E-state index is 0.0387. The van der Waals surface area contributed by atoms with Gasteiger partial charge in [-0.15, -0.1) is 0 Å². The highest BCUT2D eigenvalue weighted by atomic mass is 19.1. The minimum atomic E-state index is -0.390. The van der Waals surface area contributed by atoms with Crippen LogP contribution in [-0.2, 0) is 9.59 Å². The molecule has 1 aliphatic carbocycles. The molecule has 0 atom stereocenters. The van der Waals surface area contributed by atoms with E-state index in [1.165, 1.54) is 34.1 Å². The van der Waals surface area contributed by atoms with Crippen molar-refractivity contribution in [1.82, 2.24) is 9.80 Å². The van der Waals surface area contributed by atoms with Crippen molar-refractivity contribution < 1.29 is 18.8 Å². The molecule has 5 rings (SSSR count). The number of hydrogen-bond acceptors (Lipinski definition) is 3. The van der Waals surface area contributed by atoms with Crippen molar-refractivity contribution in [2.75, 3.05) is 24.7 Å². The number of carbonyl (C=O) groups excluding carboxylic acids is 3. The number of halogens is 1. The van der Waals surface area contributed by atoms with Gasteiger partial charge in [-0.3, -0.25) is 19.3 Å². The number of anilines is 1. The molecule has 1 aliphatic heterocycles. The van der Waals surface area contributed by atoms with Gasteiger partial charge in [0.2, 0.25) is 11.8 Å². The zero-order chi connectivity index (χ0) is 23.7. The van der Waals surface area contributed by atoms with Crippen LogP contribution in [0.2, 0.25) is 0 Å². The van der Waals surface area contributed by atoms with E-state index in [0.717, 1.165) is 24.0 Å². The average molecular weight is 458 g/mol. The van der Waals surface area contributed by atoms with Crippen molar-refractivity contribution in [3.05, 3.63) is 90.2 Å². The summed E-state index contributed by atoms with van der Waals surface area (Å²) in [6.45, 7) is -0.0507. The summed E-state index contributed by atoms with van der Waals surface area (Å²) in [6.07, 6.45) is 1.73. The third-order valence-electron chi connectivity index (χ3n) is 6.22. The van der Waals surface area contributed by atoms with Gasteiger partial charge < -0.3 is 9.80 Å². The molecule has 0 radical (unpaired) electrons. The summed E-state index contributed by atoms with van der Waals surface area (Å²) in [6, 6.07) is 23.0. The van der Waals surface area contributed by atoms with E-state index in [1.54, 1.807) is 17.0 Å². The normalized spacial score (nSPS) is 15.5. The first kappa shape index (κ1) is 21.8. The molecule has 6 nitrogen and oxygen atoms in total. The van der Waals surface area contributed by atoms with E-state index >= 15 is 0 Å². The molecular weight excluding hydrogens is 433 g/mol. The fourth-order valence-electron chi connectivity index (χ4n) is 4.16. The zero-order valence-electron chi connectivity index (χ0n) is 18.6. The Morgan fingerprint density at radius 2 is 1.53 bits per heavy atom. The number of rotatable bonds is 6. The summed E-state index contributed by atoms with van der Waals surface area (Å²) in [5.74, 6) is -1.09. The second-order valence-electron chi connectivity index (χ2n) is 8.64. The molecule has 2 fully saturated rings. The van der Waals surface area contributed by atoms with Gasteiger partial charge in [0.15, 0.2) is 0 Å². The lowest BCUT2D eigenvalue weighted by molar-refractivity contribution is -0.132. The van der Waals surface area contributed by atoms with Crippen LogP contribution in [0.5, 0.6) is 0 Å². The van der Waals surface area contributed by atoms with Gasteiger partial charge in [-0.1, -0.05) is 42.5 Å². The number of hydrogen-bond donors (Lipinski definition) is 0. The number of benzene rings is 3. The summed E-state index contributed by atoms with van der Waals surface area (Å²) < 4.78 is 13.2. The Morgan fingerprint density at radius 3 is 2.18 bits per heavy atom. The maximum Gasteiger partial charge on any atom is 0.254 e. The smallest absolute Gasteiger partial charge is 0.254 e. The standard InChI is InChI=1S/C27H24FN3O3/c28-22-10-12-24(13-11-22)31-18-29(16-26(31)33)25(32)17-30(23-14-15-23)27(34)21-8-6-20(7-9-21)19-4-2-1-3-5-19/h1-13,23H,14-18H2. The molecule has 1 saturated heterocycles. The topological polar surface area (TPSA) is 60.9 Å². The molecule has 34 heavy (non-hydrogen) atoms. The maximum atomic E-state index is 13.2. The van der Waals surface area contributed by atoms with E-state index in [4.69, 9.17) is 0 Å². The van der Waals surface area contributed by atoms with Crippen molar-refractivity contribution in [3.63, 3.8) is 0 Å². The molecular formula is C27H24FN3O3. The minimum Gasteiger partial charge on any atom is -0.326 e. The van der Waals surface area contributed by atoms with Crippen LogP contribution in [0.3, 0.4) is 0 Å². The summed E-state index contributed by atoms with van der Waals surface area (Å²) in [5, 5.41) is 0. The van der Waals surface area contributed by atoms with Gasteiger partial charge in [-0.05, 0) is 60.4 Å². The van der Waals surface area contributed by atoms with Gasteiger partial charge in [0.05, 0.1) is 0 Å². The molecule has 3 amide bonds. The lowest BCUT2D eigenvalue weighted by atomic mass is 10.0. The third-order valence-corrected chi connectivity index (χ3v) is 6.22. The molecule has 0 spiro atoms. The first-order valence-electron chi connectivity index (χ1n) is 11.3. The van der Waals surface area contributed by atoms with Crippen LogP contribution in [0.1, 0.15) is 23.2 Å². The van der Waals surface area contributed by atoms with Crippen molar-refractivity contribution >= 4 is 23.4 Å². The highest BCUT2D eigenvalue weighted by Gasteiger charge is 2.38. The molecule has 0 aromatic heterocycles. The molecule has 0 N–H and O–H groups in total. The van der Waals surface area contributed by atoms with E-state index in [0.29, 0.717) is 11.3 Å². The van der Waals surface area contributed by atoms with E-state index in [1.807, 2.05) is 42.5 Å². The van der Waals surface area contributed by atoms with Crippen molar-refractivity contribution in [2.45, 2.75) is 18.9 Å². The summed E-state index contributed by atoms with van der Waals surface area (Å²) in [5.41, 5.74) is 3.16. The van der Waals surface area contributed by atoms with Gasteiger partial charge in [-0.2, -0.15) is 0 Å². The zero-order valence-corrected chi connectivity index (χ0v) is 18.6. The second kappa shape index (κ2) is 9.09. The van der Waals surface area contributed by atoms with Crippen LogP contribution in [0.25, 0.3) is 11.1 Å². The lowest BCUT2D eigenvalue weighted by Crippen LogP contribution is -2.43. The third kappa shape index (κ3) is 4.55. The largest absolute Gasteiger partial charge is 0.326 e. The molecule has 1 saturated carbocycles. The Bertz CT molecular complexity index is 1210. The SMILES string of the molecule is O=C(CN(C(=O)c1ccc(-c2ccccc2)cc1)C1CC1)N1CC(=O)N(c2ccc(F)cc2)C1. The fourth-order valence-corrected chi connectivity index (χ4v) is 4.16. The molecule has 7 heteroatoms. The Kier molecular flexibility index (Phi) is 5.84. The monoisotopic (exact) mass is 457 g/mol. The van der Waals surface area contributed by atoms with Crippen LogP contribution in [-0.4, -0.2) is 53.3 Å². The Hall–Kier alpha value is -4.00. The van der Waals surface area contributed by atoms with E-state index in [-0.39, 0.29) is 43.5 Å². The highest BCUT2D eigenvalue weighted by Crippen LogP contribution is 2.29. The predicted octanol–water partition coefficient (Wildman–Crippen LogP) is 3.93. The highest BCUT2D eigenvalue weighted by molar-refractivity contribution is 6.01. The Balaban J connectivity index is 1.27. The fraction of sp³-hybridized carbons (Fsp3) is 0.222. The van der Waals surface area contributed by atoms with Crippen molar-refractivity contribution in [2.24, 2.45) is 0 Å². The van der Waals surface area contributed by atoms with Crippen LogP contribution < -0.4 is 4.90 Å².